The number of hydrogen-bond donors (Lipinski definition) is 0. The fraction of sp³-hybridized carbons (Fsp3) is 0.0800. The number of benzene rings is 3. The second kappa shape index (κ2) is 7.87. The molecule has 3 heteroatoms. The minimum Gasteiger partial charge on any atom is -0.346 e. The Bertz CT molecular complexity index is 1100. The summed E-state index contributed by atoms with van der Waals surface area (Å²) in [4.78, 5) is 13.4. The molecule has 2 nitrogen and oxygen atoms in total. The summed E-state index contributed by atoms with van der Waals surface area (Å²) in [6.07, 6.45) is 2.07. The van der Waals surface area contributed by atoms with E-state index in [2.05, 4.69) is 22.9 Å². The van der Waals surface area contributed by atoms with Crippen molar-refractivity contribution in [2.45, 2.75) is 13.5 Å². The van der Waals surface area contributed by atoms with E-state index < -0.39 is 0 Å². The highest BCUT2D eigenvalue weighted by Gasteiger charge is 2.21. The lowest BCUT2D eigenvalue weighted by molar-refractivity contribution is 0.103. The lowest BCUT2D eigenvalue weighted by Gasteiger charge is -2.08. The Kier molecular flexibility index (Phi) is 5.14. The van der Waals surface area contributed by atoms with Crippen LogP contribution in [-0.4, -0.2) is 10.4 Å². The van der Waals surface area contributed by atoms with Gasteiger partial charge in [0.15, 0.2) is 5.78 Å². The largest absolute Gasteiger partial charge is 0.346 e. The zero-order chi connectivity index (χ0) is 19.5. The number of nitrogens with zero attached hydrogens (tertiary/aromatic N) is 1. The molecule has 0 aliphatic carbocycles. The molecule has 0 aliphatic rings. The van der Waals surface area contributed by atoms with Gasteiger partial charge in [-0.2, -0.15) is 0 Å². The molecule has 0 aliphatic heterocycles. The zero-order valence-electron chi connectivity index (χ0n) is 15.6. The molecule has 1 heterocycles. The normalized spacial score (nSPS) is 10.8. The van der Waals surface area contributed by atoms with Crippen LogP contribution in [0, 0.1) is 6.92 Å². The summed E-state index contributed by atoms with van der Waals surface area (Å²) in [6.45, 7) is 2.73. The molecule has 3 aromatic carbocycles. The van der Waals surface area contributed by atoms with Gasteiger partial charge in [0.1, 0.15) is 0 Å². The second-order valence-corrected chi connectivity index (χ2v) is 7.26. The average Bonchev–Trinajstić information content (AvgIpc) is 3.05. The van der Waals surface area contributed by atoms with E-state index in [-0.39, 0.29) is 5.78 Å². The van der Waals surface area contributed by atoms with Crippen LogP contribution in [0.2, 0.25) is 5.02 Å². The Labute approximate surface area is 170 Å². The van der Waals surface area contributed by atoms with Crippen LogP contribution in [0.5, 0.6) is 0 Å². The summed E-state index contributed by atoms with van der Waals surface area (Å²) in [7, 11) is 0. The first kappa shape index (κ1) is 18.3. The van der Waals surface area contributed by atoms with Gasteiger partial charge in [0, 0.05) is 34.6 Å². The molecule has 4 aromatic rings. The van der Waals surface area contributed by atoms with E-state index in [4.69, 9.17) is 11.6 Å². The molecule has 138 valence electrons. The van der Waals surface area contributed by atoms with Gasteiger partial charge >= 0.3 is 0 Å². The van der Waals surface area contributed by atoms with Crippen molar-refractivity contribution in [3.63, 3.8) is 0 Å². The van der Waals surface area contributed by atoms with E-state index in [1.807, 2.05) is 79.7 Å². The fourth-order valence-corrected chi connectivity index (χ4v) is 3.59. The van der Waals surface area contributed by atoms with Crippen LogP contribution in [0.3, 0.4) is 0 Å². The number of halogens is 1. The third kappa shape index (κ3) is 3.64. The zero-order valence-corrected chi connectivity index (χ0v) is 16.4. The van der Waals surface area contributed by atoms with E-state index in [0.717, 1.165) is 28.9 Å². The summed E-state index contributed by atoms with van der Waals surface area (Å²) in [5.41, 5.74) is 5.50. The molecule has 0 bridgehead atoms. The van der Waals surface area contributed by atoms with Gasteiger partial charge in [-0.15, -0.1) is 0 Å². The molecule has 0 fully saturated rings. The molecule has 0 spiro atoms. The van der Waals surface area contributed by atoms with Crippen molar-refractivity contribution < 1.29 is 4.79 Å². The topological polar surface area (TPSA) is 22.0 Å². The van der Waals surface area contributed by atoms with E-state index in [0.29, 0.717) is 10.6 Å². The molecule has 1 aromatic heterocycles. The van der Waals surface area contributed by atoms with Crippen LogP contribution in [-0.2, 0) is 6.54 Å². The summed E-state index contributed by atoms with van der Waals surface area (Å²) in [5.74, 6) is 0.0369. The van der Waals surface area contributed by atoms with Gasteiger partial charge in [-0.3, -0.25) is 4.79 Å². The van der Waals surface area contributed by atoms with Crippen molar-refractivity contribution in [3.8, 4) is 11.1 Å². The number of carbonyl (C=O) groups is 1. The molecule has 0 atom stereocenters. The van der Waals surface area contributed by atoms with Crippen molar-refractivity contribution in [1.29, 1.82) is 0 Å². The summed E-state index contributed by atoms with van der Waals surface area (Å²) in [5, 5.41) is 0.681. The van der Waals surface area contributed by atoms with Crippen molar-refractivity contribution >= 4 is 17.4 Å². The molecule has 0 N–H and O–H groups in total. The van der Waals surface area contributed by atoms with E-state index in [1.54, 1.807) is 0 Å². The number of carbonyl (C=O) groups excluding carboxylic acids is 1. The van der Waals surface area contributed by atoms with Crippen LogP contribution in [0.1, 0.15) is 27.2 Å². The number of rotatable bonds is 5. The van der Waals surface area contributed by atoms with Crippen LogP contribution in [0.25, 0.3) is 11.1 Å². The highest BCUT2D eigenvalue weighted by atomic mass is 35.5. The van der Waals surface area contributed by atoms with Crippen LogP contribution in [0.15, 0.2) is 91.1 Å². The molecule has 0 amide bonds. The Balaban J connectivity index is 1.84. The molecular weight excluding hydrogens is 366 g/mol. The van der Waals surface area contributed by atoms with Gasteiger partial charge in [0.2, 0.25) is 0 Å². The van der Waals surface area contributed by atoms with E-state index >= 15 is 0 Å². The first-order valence-electron chi connectivity index (χ1n) is 9.23. The van der Waals surface area contributed by atoms with Crippen molar-refractivity contribution in [1.82, 2.24) is 4.57 Å². The van der Waals surface area contributed by atoms with Gasteiger partial charge < -0.3 is 4.57 Å². The Morgan fingerprint density at radius 1 is 0.857 bits per heavy atom. The first-order chi connectivity index (χ1) is 13.6. The molecular formula is C25H20ClNO. The SMILES string of the molecule is Cc1c(C(=O)c2ccccc2)c(-c2ccc(Cl)cc2)cn1Cc1ccccc1. The number of hydrogen-bond acceptors (Lipinski definition) is 1. The highest BCUT2D eigenvalue weighted by molar-refractivity contribution is 6.30. The standard InChI is InChI=1S/C25H20ClNO/c1-18-24(25(28)21-10-6-3-7-11-21)23(20-12-14-22(26)15-13-20)17-27(18)16-19-8-4-2-5-9-19/h2-15,17H,16H2,1H3. The van der Waals surface area contributed by atoms with Gasteiger partial charge in [-0.1, -0.05) is 84.4 Å². The highest BCUT2D eigenvalue weighted by Crippen LogP contribution is 2.31. The van der Waals surface area contributed by atoms with E-state index in [1.165, 1.54) is 5.56 Å². The van der Waals surface area contributed by atoms with Crippen LogP contribution in [0.4, 0.5) is 0 Å². The van der Waals surface area contributed by atoms with E-state index in [9.17, 15) is 4.79 Å². The summed E-state index contributed by atoms with van der Waals surface area (Å²) >= 11 is 6.07. The molecule has 0 saturated carbocycles. The fourth-order valence-electron chi connectivity index (χ4n) is 3.47. The maximum absolute atomic E-state index is 13.4. The minimum atomic E-state index is 0.0369. The Hall–Kier alpha value is -3.10. The van der Waals surface area contributed by atoms with Crippen LogP contribution >= 0.6 is 11.6 Å². The van der Waals surface area contributed by atoms with Crippen molar-refractivity contribution in [2.75, 3.05) is 0 Å². The Morgan fingerprint density at radius 2 is 1.46 bits per heavy atom. The molecule has 0 saturated heterocycles. The van der Waals surface area contributed by atoms with Crippen molar-refractivity contribution in [2.24, 2.45) is 0 Å². The monoisotopic (exact) mass is 385 g/mol. The first-order valence-corrected chi connectivity index (χ1v) is 9.60. The molecule has 4 rings (SSSR count). The van der Waals surface area contributed by atoms with Gasteiger partial charge in [0.25, 0.3) is 0 Å². The van der Waals surface area contributed by atoms with Crippen molar-refractivity contribution in [3.05, 3.63) is 119 Å². The second-order valence-electron chi connectivity index (χ2n) is 6.82. The quantitative estimate of drug-likeness (QED) is 0.364. The maximum atomic E-state index is 13.4. The number of ketones is 1. The average molecular weight is 386 g/mol. The van der Waals surface area contributed by atoms with Crippen LogP contribution < -0.4 is 0 Å². The smallest absolute Gasteiger partial charge is 0.195 e. The molecule has 28 heavy (non-hydrogen) atoms. The molecule has 0 unspecified atom stereocenters. The van der Waals surface area contributed by atoms with Gasteiger partial charge in [-0.05, 0) is 30.2 Å². The minimum absolute atomic E-state index is 0.0369. The number of aromatic nitrogens is 1. The third-order valence-electron chi connectivity index (χ3n) is 4.96. The lowest BCUT2D eigenvalue weighted by Crippen LogP contribution is -2.06. The van der Waals surface area contributed by atoms with Gasteiger partial charge in [-0.25, -0.2) is 0 Å². The molecule has 0 radical (unpaired) electrons. The lowest BCUT2D eigenvalue weighted by atomic mass is 9.96. The summed E-state index contributed by atoms with van der Waals surface area (Å²) < 4.78 is 2.15. The predicted octanol–water partition coefficient (Wildman–Crippen LogP) is 6.40. The van der Waals surface area contributed by atoms with Gasteiger partial charge in [0.05, 0.1) is 5.56 Å². The summed E-state index contributed by atoms with van der Waals surface area (Å²) in [6, 6.07) is 27.3. The predicted molar refractivity (Wildman–Crippen MR) is 115 cm³/mol. The maximum Gasteiger partial charge on any atom is 0.195 e. The Morgan fingerprint density at radius 3 is 2.11 bits per heavy atom. The third-order valence-corrected chi connectivity index (χ3v) is 5.21.